The maximum Gasteiger partial charge on any atom is 0.302 e. The number of halogens is 1. The van der Waals surface area contributed by atoms with Crippen molar-refractivity contribution in [3.05, 3.63) is 34.3 Å². The van der Waals surface area contributed by atoms with Crippen LogP contribution in [0.25, 0.3) is 10.2 Å². The molecule has 4 fully saturated rings. The quantitative estimate of drug-likeness (QED) is 0.319. The van der Waals surface area contributed by atoms with Gasteiger partial charge in [0.05, 0.1) is 10.2 Å². The first kappa shape index (κ1) is 33.4. The van der Waals surface area contributed by atoms with Crippen LogP contribution in [0, 0.1) is 50.2 Å². The van der Waals surface area contributed by atoms with Crippen LogP contribution in [0.4, 0.5) is 5.13 Å². The van der Waals surface area contributed by atoms with Crippen molar-refractivity contribution in [2.75, 3.05) is 5.32 Å². The van der Waals surface area contributed by atoms with Crippen molar-refractivity contribution < 1.29 is 19.1 Å². The number of nitrogens with one attached hydrogen (secondary N) is 1. The Hall–Kier alpha value is -2.06. The number of amides is 1. The van der Waals surface area contributed by atoms with Crippen LogP contribution in [0.2, 0.25) is 0 Å². The molecule has 254 valence electrons. The van der Waals surface area contributed by atoms with Gasteiger partial charge in [-0.15, -0.1) is 0 Å². The number of allylic oxidation sites excluding steroid dienone is 2. The van der Waals surface area contributed by atoms with Crippen molar-refractivity contribution in [2.45, 2.75) is 119 Å². The number of ketones is 1. The highest BCUT2D eigenvalue weighted by atomic mass is 79.9. The normalized spacial score (nSPS) is 42.3. The summed E-state index contributed by atoms with van der Waals surface area (Å²) in [6, 6.07) is 6.00. The van der Waals surface area contributed by atoms with E-state index in [0.717, 1.165) is 72.5 Å². The molecule has 0 aliphatic heterocycles. The van der Waals surface area contributed by atoms with Gasteiger partial charge in [-0.1, -0.05) is 71.4 Å². The summed E-state index contributed by atoms with van der Waals surface area (Å²) in [5.41, 5.74) is 1.05. The second-order valence-electron chi connectivity index (χ2n) is 17.8. The smallest absolute Gasteiger partial charge is 0.302 e. The number of rotatable bonds is 3. The van der Waals surface area contributed by atoms with Gasteiger partial charge in [-0.3, -0.25) is 14.4 Å². The van der Waals surface area contributed by atoms with Crippen molar-refractivity contribution in [3.8, 4) is 0 Å². The fourth-order valence-electron chi connectivity index (χ4n) is 12.0. The number of hydrogen-bond donors (Lipinski definition) is 1. The zero-order valence-electron chi connectivity index (χ0n) is 29.3. The summed E-state index contributed by atoms with van der Waals surface area (Å²) in [6.45, 7) is 17.8. The van der Waals surface area contributed by atoms with Gasteiger partial charge in [0.25, 0.3) is 0 Å². The molecule has 9 atom stereocenters. The first-order chi connectivity index (χ1) is 21.9. The highest BCUT2D eigenvalue weighted by Gasteiger charge is 2.70. The zero-order valence-corrected chi connectivity index (χ0v) is 31.8. The number of benzene rings is 1. The molecule has 2 aromatic rings. The summed E-state index contributed by atoms with van der Waals surface area (Å²) in [5, 5.41) is 3.85. The van der Waals surface area contributed by atoms with E-state index in [-0.39, 0.29) is 62.7 Å². The van der Waals surface area contributed by atoms with Crippen LogP contribution in [0.5, 0.6) is 0 Å². The number of carbonyl (C=O) groups excluding carboxylic acids is 3. The molecule has 5 aliphatic carbocycles. The van der Waals surface area contributed by atoms with E-state index in [1.54, 1.807) is 0 Å². The molecule has 0 spiro atoms. The molecule has 4 saturated carbocycles. The van der Waals surface area contributed by atoms with Gasteiger partial charge in [-0.05, 0) is 125 Å². The van der Waals surface area contributed by atoms with Gasteiger partial charge in [-0.2, -0.15) is 0 Å². The molecule has 1 amide bonds. The number of esters is 1. The second-order valence-corrected chi connectivity index (χ2v) is 19.7. The molecule has 0 radical (unpaired) electrons. The predicted octanol–water partition coefficient (Wildman–Crippen LogP) is 9.91. The van der Waals surface area contributed by atoms with Crippen LogP contribution in [-0.2, 0) is 19.1 Å². The Balaban J connectivity index is 1.21. The minimum Gasteiger partial charge on any atom is -0.462 e. The average molecular weight is 724 g/mol. The first-order valence-electron chi connectivity index (χ1n) is 17.7. The maximum atomic E-state index is 14.7. The summed E-state index contributed by atoms with van der Waals surface area (Å²) >= 11 is 5.11. The van der Waals surface area contributed by atoms with E-state index in [4.69, 9.17) is 9.72 Å². The van der Waals surface area contributed by atoms with Crippen LogP contribution in [-0.4, -0.2) is 28.7 Å². The zero-order chi connectivity index (χ0) is 33.9. The molecule has 5 aliphatic rings. The van der Waals surface area contributed by atoms with E-state index >= 15 is 0 Å². The van der Waals surface area contributed by atoms with Gasteiger partial charge in [0, 0.05) is 28.1 Å². The van der Waals surface area contributed by atoms with Crippen LogP contribution < -0.4 is 5.32 Å². The van der Waals surface area contributed by atoms with Crippen LogP contribution >= 0.6 is 27.3 Å². The summed E-state index contributed by atoms with van der Waals surface area (Å²) in [7, 11) is 0. The molecule has 0 bridgehead atoms. The number of fused-ring (bicyclic) bond motifs is 8. The van der Waals surface area contributed by atoms with Crippen molar-refractivity contribution in [1.29, 1.82) is 0 Å². The number of ether oxygens (including phenoxy) is 1. The Morgan fingerprint density at radius 2 is 1.70 bits per heavy atom. The molecule has 7 rings (SSSR count). The minimum absolute atomic E-state index is 0.0358. The van der Waals surface area contributed by atoms with Crippen LogP contribution in [0.15, 0.2) is 34.3 Å². The van der Waals surface area contributed by atoms with Gasteiger partial charge in [0.15, 0.2) is 10.9 Å². The van der Waals surface area contributed by atoms with Gasteiger partial charge in [-0.25, -0.2) is 4.98 Å². The van der Waals surface area contributed by atoms with Crippen molar-refractivity contribution in [3.63, 3.8) is 0 Å². The molecule has 1 N–H and O–H groups in total. The van der Waals surface area contributed by atoms with E-state index in [1.165, 1.54) is 23.8 Å². The van der Waals surface area contributed by atoms with Crippen LogP contribution in [0.3, 0.4) is 0 Å². The third kappa shape index (κ3) is 4.72. The number of carbonyl (C=O) groups is 3. The summed E-state index contributed by atoms with van der Waals surface area (Å²) in [5.74, 6) is 0.517. The number of aromatic nitrogens is 1. The molecule has 0 unspecified atom stereocenters. The fraction of sp³-hybridized carbons (Fsp3) is 0.692. The van der Waals surface area contributed by atoms with Crippen LogP contribution in [0.1, 0.15) is 113 Å². The third-order valence-electron chi connectivity index (χ3n) is 15.0. The number of nitrogens with zero attached hydrogens (tertiary/aromatic N) is 1. The lowest BCUT2D eigenvalue weighted by atomic mass is 9.33. The molecule has 0 saturated heterocycles. The summed E-state index contributed by atoms with van der Waals surface area (Å²) < 4.78 is 7.86. The molecule has 1 aromatic heterocycles. The van der Waals surface area contributed by atoms with E-state index in [0.29, 0.717) is 11.0 Å². The average Bonchev–Trinajstić information content (AvgIpc) is 3.40. The lowest BCUT2D eigenvalue weighted by Crippen LogP contribution is -2.66. The van der Waals surface area contributed by atoms with E-state index in [2.05, 4.69) is 75.8 Å². The topological polar surface area (TPSA) is 85.4 Å². The molecule has 8 heteroatoms. The second kappa shape index (κ2) is 10.7. The Morgan fingerprint density at radius 1 is 0.979 bits per heavy atom. The highest BCUT2D eigenvalue weighted by molar-refractivity contribution is 9.10. The molecule has 1 heterocycles. The predicted molar refractivity (Wildman–Crippen MR) is 191 cm³/mol. The van der Waals surface area contributed by atoms with Gasteiger partial charge >= 0.3 is 5.97 Å². The SMILES string of the molecule is CC(=O)O[C@H]1CC[C@]2(C)[C@H]3C(=O)C=C4[C@@H]5C[C@@](C)(C(=O)Nc6nc7c(Br)cccc7s6)CC[C@]5(C)CC[C@@]4(C)[C@]3(C)CC[C@H]2C1(C)C. The number of hydrogen-bond acceptors (Lipinski definition) is 6. The Bertz CT molecular complexity index is 1720. The van der Waals surface area contributed by atoms with Gasteiger partial charge < -0.3 is 10.1 Å². The maximum absolute atomic E-state index is 14.7. The lowest BCUT2D eigenvalue weighted by molar-refractivity contribution is -0.210. The van der Waals surface area contributed by atoms with Crippen molar-refractivity contribution in [2.24, 2.45) is 50.2 Å². The fourth-order valence-corrected chi connectivity index (χ4v) is 13.5. The monoisotopic (exact) mass is 722 g/mol. The lowest BCUT2D eigenvalue weighted by Gasteiger charge is -2.70. The molecular formula is C39H51BrN2O4S. The standard InChI is InChI=1S/C39H51BrN2O4S/c1-22(43)46-29-13-14-37(6)28(34(29,2)3)12-15-39(8)31(37)26(44)20-23-24-21-36(5,17-16-35(24,4)18-19-38(23,39)7)32(45)42-33-41-30-25(40)10-9-11-27(30)47-33/h9-11,20,24,28-29,31H,12-19,21H2,1-8H3,(H,41,42,45)/t24-,28-,29-,31+,35+,36-,37-,38+,39+/m0/s1. The molecule has 6 nitrogen and oxygen atoms in total. The number of anilines is 1. The molecule has 47 heavy (non-hydrogen) atoms. The van der Waals surface area contributed by atoms with E-state index in [1.807, 2.05) is 18.2 Å². The van der Waals surface area contributed by atoms with E-state index in [9.17, 15) is 14.4 Å². The Kier molecular flexibility index (Phi) is 7.63. The number of thiazole rings is 1. The molecule has 1 aromatic carbocycles. The Labute approximate surface area is 292 Å². The van der Waals surface area contributed by atoms with Crippen molar-refractivity contribution in [1.82, 2.24) is 4.98 Å². The highest BCUT2D eigenvalue weighted by Crippen LogP contribution is 2.75. The van der Waals surface area contributed by atoms with E-state index < -0.39 is 5.41 Å². The third-order valence-corrected chi connectivity index (χ3v) is 16.5. The Morgan fingerprint density at radius 3 is 2.40 bits per heavy atom. The van der Waals surface area contributed by atoms with Crippen molar-refractivity contribution >= 4 is 60.3 Å². The molecular weight excluding hydrogens is 672 g/mol. The summed E-state index contributed by atoms with van der Waals surface area (Å²) in [6.07, 6.45) is 10.4. The first-order valence-corrected chi connectivity index (χ1v) is 19.3. The largest absolute Gasteiger partial charge is 0.462 e. The van der Waals surface area contributed by atoms with Gasteiger partial charge in [0.1, 0.15) is 6.10 Å². The van der Waals surface area contributed by atoms with Gasteiger partial charge in [0.2, 0.25) is 5.91 Å². The summed E-state index contributed by atoms with van der Waals surface area (Å²) in [4.78, 5) is 45.6. The number of para-hydroxylation sites is 1. The minimum atomic E-state index is -0.554.